The highest BCUT2D eigenvalue weighted by atomic mass is 32.2. The van der Waals surface area contributed by atoms with E-state index in [2.05, 4.69) is 24.9 Å². The Morgan fingerprint density at radius 2 is 2.24 bits per heavy atom. The molecular formula is C15H19FN6O2S. The van der Waals surface area contributed by atoms with Gasteiger partial charge in [0.15, 0.2) is 11.3 Å². The van der Waals surface area contributed by atoms with E-state index in [0.717, 1.165) is 29.8 Å². The highest BCUT2D eigenvalue weighted by Crippen LogP contribution is 2.34. The van der Waals surface area contributed by atoms with Crippen LogP contribution in [0.25, 0.3) is 16.8 Å². The van der Waals surface area contributed by atoms with Crippen molar-refractivity contribution in [2.75, 3.05) is 12.4 Å². The molecule has 10 heteroatoms. The molecule has 0 spiro atoms. The van der Waals surface area contributed by atoms with E-state index < -0.39 is 16.7 Å². The normalized spacial score (nSPS) is 21.5. The Hall–Kier alpha value is -2.07. The van der Waals surface area contributed by atoms with Gasteiger partial charge in [-0.3, -0.25) is 8.79 Å². The molecule has 3 aromatic rings. The Morgan fingerprint density at radius 1 is 1.36 bits per heavy atom. The van der Waals surface area contributed by atoms with Gasteiger partial charge in [0.25, 0.3) is 0 Å². The highest BCUT2D eigenvalue weighted by Gasteiger charge is 2.32. The van der Waals surface area contributed by atoms with E-state index in [-0.39, 0.29) is 24.1 Å². The van der Waals surface area contributed by atoms with Crippen LogP contribution in [0.3, 0.4) is 0 Å². The lowest BCUT2D eigenvalue weighted by Crippen LogP contribution is -2.34. The first-order valence-corrected chi connectivity index (χ1v) is 9.96. The third-order valence-electron chi connectivity index (χ3n) is 4.66. The lowest BCUT2D eigenvalue weighted by Gasteiger charge is -2.13. The second kappa shape index (κ2) is 6.34. The van der Waals surface area contributed by atoms with Crippen molar-refractivity contribution < 1.29 is 12.8 Å². The molecule has 3 aromatic heterocycles. The van der Waals surface area contributed by atoms with Crippen molar-refractivity contribution in [2.24, 2.45) is 0 Å². The molecule has 2 N–H and O–H groups in total. The Bertz CT molecular complexity index is 998. The summed E-state index contributed by atoms with van der Waals surface area (Å²) < 4.78 is 40.8. The summed E-state index contributed by atoms with van der Waals surface area (Å²) in [6.07, 6.45) is 5.72. The Balaban J connectivity index is 1.56. The second-order valence-electron chi connectivity index (χ2n) is 6.41. The zero-order chi connectivity index (χ0) is 17.4. The molecule has 0 bridgehead atoms. The van der Waals surface area contributed by atoms with E-state index in [0.29, 0.717) is 12.1 Å². The van der Waals surface area contributed by atoms with Gasteiger partial charge in [-0.15, -0.1) is 10.2 Å². The van der Waals surface area contributed by atoms with Gasteiger partial charge in [0.1, 0.15) is 5.82 Å². The molecular weight excluding hydrogens is 347 g/mol. The number of hydrogen-bond donors (Lipinski definition) is 2. The fourth-order valence-electron chi connectivity index (χ4n) is 3.54. The van der Waals surface area contributed by atoms with Crippen LogP contribution in [0.1, 0.15) is 37.4 Å². The molecule has 0 aliphatic heterocycles. The van der Waals surface area contributed by atoms with Gasteiger partial charge in [-0.25, -0.2) is 18.1 Å². The largest absolute Gasteiger partial charge is 0.345 e. The fourth-order valence-corrected chi connectivity index (χ4v) is 4.87. The van der Waals surface area contributed by atoms with Gasteiger partial charge >= 0.3 is 0 Å². The van der Waals surface area contributed by atoms with Crippen LogP contribution in [0.4, 0.5) is 4.39 Å². The first-order valence-electron chi connectivity index (χ1n) is 8.30. The average molecular weight is 366 g/mol. The van der Waals surface area contributed by atoms with Crippen LogP contribution in [0.5, 0.6) is 0 Å². The average Bonchev–Trinajstić information content (AvgIpc) is 3.29. The van der Waals surface area contributed by atoms with Crippen LogP contribution in [-0.4, -0.2) is 51.5 Å². The maximum Gasteiger partial charge on any atom is 0.211 e. The van der Waals surface area contributed by atoms with Gasteiger partial charge in [0, 0.05) is 18.2 Å². The van der Waals surface area contributed by atoms with E-state index in [1.807, 2.05) is 16.7 Å². The third-order valence-corrected chi connectivity index (χ3v) is 6.18. The summed E-state index contributed by atoms with van der Waals surface area (Å²) >= 11 is 0. The molecule has 2 unspecified atom stereocenters. The zero-order valence-corrected chi connectivity index (χ0v) is 14.3. The van der Waals surface area contributed by atoms with Crippen molar-refractivity contribution in [2.45, 2.75) is 37.6 Å². The molecule has 1 saturated carbocycles. The van der Waals surface area contributed by atoms with Crippen LogP contribution < -0.4 is 4.72 Å². The van der Waals surface area contributed by atoms with Crippen LogP contribution in [0, 0.1) is 0 Å². The number of halogens is 1. The van der Waals surface area contributed by atoms with Gasteiger partial charge in [0.05, 0.1) is 24.1 Å². The van der Waals surface area contributed by atoms with Gasteiger partial charge in [-0.05, 0) is 31.7 Å². The minimum atomic E-state index is -3.44. The molecule has 1 aliphatic carbocycles. The van der Waals surface area contributed by atoms with Crippen molar-refractivity contribution in [1.29, 1.82) is 0 Å². The number of hydrogen-bond acceptors (Lipinski definition) is 5. The smallest absolute Gasteiger partial charge is 0.211 e. The lowest BCUT2D eigenvalue weighted by atomic mass is 10.1. The van der Waals surface area contributed by atoms with Crippen molar-refractivity contribution >= 4 is 26.8 Å². The first-order chi connectivity index (χ1) is 12.1. The van der Waals surface area contributed by atoms with Crippen molar-refractivity contribution in [3.8, 4) is 0 Å². The van der Waals surface area contributed by atoms with Crippen LogP contribution >= 0.6 is 0 Å². The Labute approximate surface area is 143 Å². The molecule has 8 nitrogen and oxygen atoms in total. The van der Waals surface area contributed by atoms with Gasteiger partial charge in [-0.1, -0.05) is 0 Å². The molecule has 0 saturated heterocycles. The van der Waals surface area contributed by atoms with Gasteiger partial charge in [0.2, 0.25) is 10.0 Å². The summed E-state index contributed by atoms with van der Waals surface area (Å²) in [4.78, 5) is 7.37. The van der Waals surface area contributed by atoms with E-state index in [1.54, 1.807) is 6.20 Å². The van der Waals surface area contributed by atoms with E-state index in [4.69, 9.17) is 0 Å². The predicted octanol–water partition coefficient (Wildman–Crippen LogP) is 1.52. The maximum absolute atomic E-state index is 12.2. The van der Waals surface area contributed by atoms with E-state index in [9.17, 15) is 12.8 Å². The molecule has 1 fully saturated rings. The number of H-pyrrole nitrogens is 1. The van der Waals surface area contributed by atoms with E-state index in [1.165, 1.54) is 0 Å². The Morgan fingerprint density at radius 3 is 3.08 bits per heavy atom. The van der Waals surface area contributed by atoms with Crippen LogP contribution in [0.15, 0.2) is 18.5 Å². The predicted molar refractivity (Wildman–Crippen MR) is 90.5 cm³/mol. The van der Waals surface area contributed by atoms with Gasteiger partial charge < -0.3 is 4.98 Å². The number of fused-ring (bicyclic) bond motifs is 3. The first kappa shape index (κ1) is 16.4. The quantitative estimate of drug-likeness (QED) is 0.688. The Kier molecular flexibility index (Phi) is 4.16. The number of nitrogens with zero attached hydrogens (tertiary/aromatic N) is 4. The fraction of sp³-hybridized carbons (Fsp3) is 0.533. The highest BCUT2D eigenvalue weighted by molar-refractivity contribution is 7.89. The van der Waals surface area contributed by atoms with Crippen molar-refractivity contribution in [1.82, 2.24) is 29.3 Å². The maximum atomic E-state index is 12.2. The topological polar surface area (TPSA) is 105 Å². The summed E-state index contributed by atoms with van der Waals surface area (Å²) in [5.74, 6) is 0.769. The molecule has 4 rings (SSSR count). The molecule has 25 heavy (non-hydrogen) atoms. The number of nitrogens with one attached hydrogen (secondary N) is 2. The molecule has 0 radical (unpaired) electrons. The summed E-state index contributed by atoms with van der Waals surface area (Å²) in [5.41, 5.74) is 2.34. The molecule has 3 heterocycles. The molecule has 0 amide bonds. The summed E-state index contributed by atoms with van der Waals surface area (Å²) in [6, 6.07) is 1.78. The lowest BCUT2D eigenvalue weighted by molar-refractivity contribution is 0.480. The van der Waals surface area contributed by atoms with Crippen molar-refractivity contribution in [3.63, 3.8) is 0 Å². The minimum Gasteiger partial charge on any atom is -0.345 e. The SMILES string of the molecule is O=S(=O)(CCCF)NC1CCC(c2nnc3cnc4[nH]ccc4n23)C1. The summed E-state index contributed by atoms with van der Waals surface area (Å²) in [5, 5.41) is 8.51. The standard InChI is InChI=1S/C15H19FN6O2S/c16-5-1-7-25(23,24)21-11-3-2-10(8-11)15-20-19-13-9-18-14-12(22(13)15)4-6-17-14/h4,6,9-11,17,21H,1-3,5,7-8H2. The number of rotatable bonds is 6. The van der Waals surface area contributed by atoms with Crippen molar-refractivity contribution in [3.05, 3.63) is 24.3 Å². The molecule has 0 aromatic carbocycles. The number of aromatic nitrogens is 5. The van der Waals surface area contributed by atoms with Crippen LogP contribution in [0.2, 0.25) is 0 Å². The number of aromatic amines is 1. The van der Waals surface area contributed by atoms with Crippen LogP contribution in [-0.2, 0) is 10.0 Å². The van der Waals surface area contributed by atoms with Gasteiger partial charge in [-0.2, -0.15) is 0 Å². The zero-order valence-electron chi connectivity index (χ0n) is 13.5. The molecule has 134 valence electrons. The minimum absolute atomic E-state index is 0.0266. The third kappa shape index (κ3) is 3.11. The summed E-state index contributed by atoms with van der Waals surface area (Å²) in [7, 11) is -3.44. The molecule has 2 atom stereocenters. The number of alkyl halides is 1. The monoisotopic (exact) mass is 366 g/mol. The molecule has 1 aliphatic rings. The second-order valence-corrected chi connectivity index (χ2v) is 8.28. The number of sulfonamides is 1. The van der Waals surface area contributed by atoms with E-state index >= 15 is 0 Å². The summed E-state index contributed by atoms with van der Waals surface area (Å²) in [6.45, 7) is -0.624.